The van der Waals surface area contributed by atoms with Gasteiger partial charge in [0.05, 0.1) is 9.50 Å². The highest BCUT2D eigenvalue weighted by molar-refractivity contribution is 9.10. The molecular formula is C19H19BrCl2N2O3. The zero-order valence-corrected chi connectivity index (χ0v) is 17.9. The summed E-state index contributed by atoms with van der Waals surface area (Å²) in [5.41, 5.74) is 0.971. The van der Waals surface area contributed by atoms with Gasteiger partial charge in [0, 0.05) is 22.3 Å². The Morgan fingerprint density at radius 3 is 2.63 bits per heavy atom. The van der Waals surface area contributed by atoms with Gasteiger partial charge in [-0.15, -0.1) is 0 Å². The zero-order chi connectivity index (χ0) is 20.0. The Labute approximate surface area is 176 Å². The van der Waals surface area contributed by atoms with Crippen molar-refractivity contribution in [3.63, 3.8) is 0 Å². The summed E-state index contributed by atoms with van der Waals surface area (Å²) in [6, 6.07) is 9.93. The molecule has 2 aromatic rings. The van der Waals surface area contributed by atoms with E-state index >= 15 is 0 Å². The SMILES string of the molecule is CCC(C)NC(=O)c1cccc(NC(=O)COc2c(Cl)cc(Cl)cc2Br)c1. The Balaban J connectivity index is 1.98. The predicted octanol–water partition coefficient (Wildman–Crippen LogP) is 5.30. The molecule has 27 heavy (non-hydrogen) atoms. The largest absolute Gasteiger partial charge is 0.481 e. The van der Waals surface area contributed by atoms with Crippen molar-refractivity contribution < 1.29 is 14.3 Å². The van der Waals surface area contributed by atoms with E-state index < -0.39 is 0 Å². The summed E-state index contributed by atoms with van der Waals surface area (Å²) in [6.45, 7) is 3.68. The minimum absolute atomic E-state index is 0.0757. The van der Waals surface area contributed by atoms with Crippen molar-refractivity contribution in [2.45, 2.75) is 26.3 Å². The lowest BCUT2D eigenvalue weighted by Gasteiger charge is -2.13. The molecule has 0 fully saturated rings. The number of hydrogen-bond donors (Lipinski definition) is 2. The smallest absolute Gasteiger partial charge is 0.262 e. The van der Waals surface area contributed by atoms with Gasteiger partial charge >= 0.3 is 0 Å². The van der Waals surface area contributed by atoms with Crippen LogP contribution < -0.4 is 15.4 Å². The molecule has 0 aliphatic heterocycles. The van der Waals surface area contributed by atoms with Gasteiger partial charge < -0.3 is 15.4 Å². The summed E-state index contributed by atoms with van der Waals surface area (Å²) >= 11 is 15.3. The fraction of sp³-hybridized carbons (Fsp3) is 0.263. The van der Waals surface area contributed by atoms with Crippen LogP contribution in [0.5, 0.6) is 5.75 Å². The highest BCUT2D eigenvalue weighted by atomic mass is 79.9. The van der Waals surface area contributed by atoms with Crippen molar-refractivity contribution in [2.75, 3.05) is 11.9 Å². The molecule has 8 heteroatoms. The van der Waals surface area contributed by atoms with Crippen LogP contribution in [0.4, 0.5) is 5.69 Å². The third kappa shape index (κ3) is 6.41. The number of amides is 2. The summed E-state index contributed by atoms with van der Waals surface area (Å²) in [7, 11) is 0. The number of halogens is 3. The molecule has 2 amide bonds. The average molecular weight is 474 g/mol. The minimum atomic E-state index is -0.382. The number of ether oxygens (including phenoxy) is 1. The van der Waals surface area contributed by atoms with Crippen LogP contribution in [0.15, 0.2) is 40.9 Å². The summed E-state index contributed by atoms with van der Waals surface area (Å²) in [5, 5.41) is 6.33. The Morgan fingerprint density at radius 2 is 1.96 bits per heavy atom. The number of carbonyl (C=O) groups excluding carboxylic acids is 2. The Bertz CT molecular complexity index is 822. The van der Waals surface area contributed by atoms with Gasteiger partial charge in [-0.1, -0.05) is 36.2 Å². The number of rotatable bonds is 7. The van der Waals surface area contributed by atoms with Crippen molar-refractivity contribution in [1.29, 1.82) is 0 Å². The number of anilines is 1. The molecule has 1 unspecified atom stereocenters. The lowest BCUT2D eigenvalue weighted by molar-refractivity contribution is -0.118. The molecule has 0 aromatic heterocycles. The molecule has 144 valence electrons. The molecule has 5 nitrogen and oxygen atoms in total. The van der Waals surface area contributed by atoms with Gasteiger partial charge in [-0.2, -0.15) is 0 Å². The van der Waals surface area contributed by atoms with E-state index in [0.29, 0.717) is 31.5 Å². The summed E-state index contributed by atoms with van der Waals surface area (Å²) in [4.78, 5) is 24.3. The maximum Gasteiger partial charge on any atom is 0.262 e. The van der Waals surface area contributed by atoms with Crippen molar-refractivity contribution in [2.24, 2.45) is 0 Å². The first kappa shape index (κ1) is 21.5. The van der Waals surface area contributed by atoms with Gasteiger partial charge in [0.15, 0.2) is 12.4 Å². The third-order valence-corrected chi connectivity index (χ3v) is 4.80. The van der Waals surface area contributed by atoms with Gasteiger partial charge in [0.25, 0.3) is 11.8 Å². The average Bonchev–Trinajstić information content (AvgIpc) is 2.60. The molecule has 0 spiro atoms. The fourth-order valence-corrected chi connectivity index (χ4v) is 3.52. The van der Waals surface area contributed by atoms with Crippen molar-refractivity contribution in [3.8, 4) is 5.75 Å². The monoisotopic (exact) mass is 472 g/mol. The molecule has 2 rings (SSSR count). The zero-order valence-electron chi connectivity index (χ0n) is 14.8. The molecule has 0 radical (unpaired) electrons. The van der Waals surface area contributed by atoms with Crippen molar-refractivity contribution >= 4 is 56.6 Å². The van der Waals surface area contributed by atoms with E-state index in [0.717, 1.165) is 6.42 Å². The standard InChI is InChI=1S/C19H19BrCl2N2O3/c1-3-11(2)23-19(26)12-5-4-6-14(7-12)24-17(25)10-27-18-15(20)8-13(21)9-16(18)22/h4-9,11H,3,10H2,1-2H3,(H,23,26)(H,24,25). The lowest BCUT2D eigenvalue weighted by atomic mass is 10.1. The van der Waals surface area contributed by atoms with Crippen LogP contribution in [-0.2, 0) is 4.79 Å². The van der Waals surface area contributed by atoms with Crippen LogP contribution in [0.3, 0.4) is 0 Å². The van der Waals surface area contributed by atoms with E-state index in [1.165, 1.54) is 6.07 Å². The molecule has 0 aliphatic carbocycles. The molecular weight excluding hydrogens is 455 g/mol. The maximum absolute atomic E-state index is 12.2. The Hall–Kier alpha value is -1.76. The number of carbonyl (C=O) groups is 2. The molecule has 0 heterocycles. The van der Waals surface area contributed by atoms with Crippen molar-refractivity contribution in [3.05, 3.63) is 56.5 Å². The predicted molar refractivity (Wildman–Crippen MR) is 112 cm³/mol. The van der Waals surface area contributed by atoms with Gasteiger partial charge in [-0.3, -0.25) is 9.59 Å². The molecule has 0 bridgehead atoms. The highest BCUT2D eigenvalue weighted by Crippen LogP contribution is 2.36. The topological polar surface area (TPSA) is 67.4 Å². The molecule has 0 aliphatic rings. The minimum Gasteiger partial charge on any atom is -0.481 e. The van der Waals surface area contributed by atoms with E-state index in [1.54, 1.807) is 30.3 Å². The van der Waals surface area contributed by atoms with Crippen LogP contribution in [0.25, 0.3) is 0 Å². The number of hydrogen-bond acceptors (Lipinski definition) is 3. The third-order valence-electron chi connectivity index (χ3n) is 3.71. The van der Waals surface area contributed by atoms with Crippen LogP contribution >= 0.6 is 39.1 Å². The second-order valence-corrected chi connectivity index (χ2v) is 7.60. The summed E-state index contributed by atoms with van der Waals surface area (Å²) < 4.78 is 6.02. The normalized spacial score (nSPS) is 11.6. The van der Waals surface area contributed by atoms with E-state index in [1.807, 2.05) is 13.8 Å². The van der Waals surface area contributed by atoms with Crippen LogP contribution in [-0.4, -0.2) is 24.5 Å². The first-order valence-electron chi connectivity index (χ1n) is 8.28. The van der Waals surface area contributed by atoms with Crippen LogP contribution in [0.2, 0.25) is 10.0 Å². The Kier molecular flexibility index (Phi) is 7.95. The second kappa shape index (κ2) is 9.97. The first-order valence-corrected chi connectivity index (χ1v) is 9.83. The molecule has 0 saturated heterocycles. The van der Waals surface area contributed by atoms with Crippen LogP contribution in [0, 0.1) is 0 Å². The molecule has 0 saturated carbocycles. The van der Waals surface area contributed by atoms with Gasteiger partial charge in [-0.25, -0.2) is 0 Å². The van der Waals surface area contributed by atoms with E-state index in [9.17, 15) is 9.59 Å². The molecule has 2 aromatic carbocycles. The van der Waals surface area contributed by atoms with E-state index in [-0.39, 0.29) is 24.5 Å². The summed E-state index contributed by atoms with van der Waals surface area (Å²) in [5.74, 6) is -0.237. The van der Waals surface area contributed by atoms with Gasteiger partial charge in [0.2, 0.25) is 0 Å². The first-order chi connectivity index (χ1) is 12.8. The second-order valence-electron chi connectivity index (χ2n) is 5.90. The van der Waals surface area contributed by atoms with Crippen LogP contribution in [0.1, 0.15) is 30.6 Å². The lowest BCUT2D eigenvalue weighted by Crippen LogP contribution is -2.32. The highest BCUT2D eigenvalue weighted by Gasteiger charge is 2.13. The maximum atomic E-state index is 12.2. The van der Waals surface area contributed by atoms with Crippen molar-refractivity contribution in [1.82, 2.24) is 5.32 Å². The fourth-order valence-electron chi connectivity index (χ4n) is 2.15. The number of benzene rings is 2. The Morgan fingerprint density at radius 1 is 1.22 bits per heavy atom. The quantitative estimate of drug-likeness (QED) is 0.573. The molecule has 2 N–H and O–H groups in total. The molecule has 1 atom stereocenters. The van der Waals surface area contributed by atoms with Gasteiger partial charge in [0.1, 0.15) is 0 Å². The van der Waals surface area contributed by atoms with E-state index in [2.05, 4.69) is 26.6 Å². The number of nitrogens with one attached hydrogen (secondary N) is 2. The van der Waals surface area contributed by atoms with E-state index in [4.69, 9.17) is 27.9 Å². The van der Waals surface area contributed by atoms with Gasteiger partial charge in [-0.05, 0) is 59.6 Å². The summed E-state index contributed by atoms with van der Waals surface area (Å²) in [6.07, 6.45) is 0.836.